The van der Waals surface area contributed by atoms with E-state index in [1.54, 1.807) is 47.6 Å². The van der Waals surface area contributed by atoms with Crippen LogP contribution < -0.4 is 66.4 Å². The van der Waals surface area contributed by atoms with E-state index in [1.165, 1.54) is 17.5 Å². The minimum atomic E-state index is -2.54. The first kappa shape index (κ1) is 46.4. The molecule has 3 fully saturated rings. The Kier molecular flexibility index (Phi) is 19.8. The molecule has 3 aromatic rings. The maximum absolute atomic E-state index is 13.1. The van der Waals surface area contributed by atoms with Crippen LogP contribution in [0.3, 0.4) is 0 Å². The Morgan fingerprint density at radius 3 is 2.30 bits per heavy atom. The van der Waals surface area contributed by atoms with Gasteiger partial charge in [-0.25, -0.2) is 4.68 Å². The Morgan fingerprint density at radius 2 is 1.71 bits per heavy atom. The van der Waals surface area contributed by atoms with E-state index in [4.69, 9.17) is 36.5 Å². The topological polar surface area (TPSA) is 234 Å². The number of carbonyl (C=O) groups is 3. The van der Waals surface area contributed by atoms with Gasteiger partial charge in [-0.2, -0.15) is 23.3 Å². The predicted molar refractivity (Wildman–Crippen MR) is 209 cm³/mol. The molecule has 1 aromatic heterocycles. The van der Waals surface area contributed by atoms with Gasteiger partial charge in [-0.3, -0.25) is 29.1 Å². The van der Waals surface area contributed by atoms with Crippen molar-refractivity contribution in [1.29, 1.82) is 0 Å². The van der Waals surface area contributed by atoms with Gasteiger partial charge in [0.15, 0.2) is 6.79 Å². The van der Waals surface area contributed by atoms with E-state index in [0.717, 1.165) is 31.1 Å². The molecule has 2 saturated heterocycles. The molecular weight excluding hydrogens is 750 g/mol. The van der Waals surface area contributed by atoms with Crippen LogP contribution in [0.5, 0.6) is 11.5 Å². The fourth-order valence-electron chi connectivity index (χ4n) is 6.21. The SMILES string of the molecule is CC1CCC(N2CCN(c3cnn(C(/C=C(\N)c4ccccc4OCOP(O)O)=C(N)N)c3)C(=O)C2)CC1.O=C1CCCC(=O)N1.[CH2-]COc1[c-]cccc1.[Na+]. The van der Waals surface area contributed by atoms with E-state index in [1.807, 2.05) is 24.3 Å². The molecule has 0 spiro atoms. The zero-order valence-electron chi connectivity index (χ0n) is 32.0. The number of rotatable bonds is 11. The summed E-state index contributed by atoms with van der Waals surface area (Å²) < 4.78 is 16.7. The standard InChI is InChI=1S/C25H36N7O5P.C8H8O.C5H7NO2.Na/c1-17-6-8-18(9-7-17)30-10-11-31(24(33)15-30)19-13-29-32(14-19)22(25(27)28)12-21(26)20-4-2-3-5-23(20)36-16-37-38(34)35;1-2-9-8-6-4-3-5-7-8;7-4-2-1-3-5(8)6-4;/h2-5,12-14,17-18,34-35H,6-11,15-16,26-28H2,1H3;3-6H,1-2H2;1-3H2,(H,6,7,8);/q;-2;;+1/b21-12-;;;. The van der Waals surface area contributed by atoms with Crippen molar-refractivity contribution >= 4 is 43.4 Å². The first-order valence-corrected chi connectivity index (χ1v) is 19.2. The van der Waals surface area contributed by atoms with Crippen molar-refractivity contribution in [2.24, 2.45) is 23.1 Å². The second-order valence-corrected chi connectivity index (χ2v) is 13.8. The molecule has 2 aliphatic heterocycles. The summed E-state index contributed by atoms with van der Waals surface area (Å²) in [5, 5.41) is 6.59. The summed E-state index contributed by atoms with van der Waals surface area (Å²) in [5.41, 5.74) is 20.1. The maximum Gasteiger partial charge on any atom is 1.00 e. The van der Waals surface area contributed by atoms with Crippen LogP contribution in [-0.4, -0.2) is 81.3 Å². The van der Waals surface area contributed by atoms with Crippen molar-refractivity contribution in [2.75, 3.05) is 37.9 Å². The molecular formula is C38H51N8NaO8P-. The quantitative estimate of drug-likeness (QED) is 0.0382. The van der Waals surface area contributed by atoms with Crippen LogP contribution in [0.15, 0.2) is 72.8 Å². The zero-order chi connectivity index (χ0) is 39.7. The normalized spacial score (nSPS) is 18.7. The first-order valence-electron chi connectivity index (χ1n) is 18.0. The fourth-order valence-corrected chi connectivity index (χ4v) is 6.36. The number of ether oxygens (including phenoxy) is 2. The van der Waals surface area contributed by atoms with Crippen LogP contribution in [-0.2, 0) is 18.9 Å². The number of carbonyl (C=O) groups excluding carboxylic acids is 3. The molecule has 18 heteroatoms. The van der Waals surface area contributed by atoms with Gasteiger partial charge in [-0.05, 0) is 62.8 Å². The van der Waals surface area contributed by atoms with Crippen molar-refractivity contribution in [2.45, 2.75) is 57.9 Å². The molecule has 56 heavy (non-hydrogen) atoms. The van der Waals surface area contributed by atoms with Gasteiger partial charge < -0.3 is 48.3 Å². The first-order chi connectivity index (χ1) is 26.4. The second kappa shape index (κ2) is 23.9. The summed E-state index contributed by atoms with van der Waals surface area (Å²) in [6.07, 6.45) is 11.3. The van der Waals surface area contributed by atoms with Gasteiger partial charge in [0, 0.05) is 49.0 Å². The van der Waals surface area contributed by atoms with Gasteiger partial charge in [0.25, 0.3) is 0 Å². The molecule has 0 radical (unpaired) electrons. The minimum Gasteiger partial charge on any atom is -0.551 e. The number of benzene rings is 2. The number of anilines is 1. The van der Waals surface area contributed by atoms with Crippen LogP contribution in [0.4, 0.5) is 5.69 Å². The number of piperazine rings is 1. The van der Waals surface area contributed by atoms with Gasteiger partial charge >= 0.3 is 38.2 Å². The van der Waals surface area contributed by atoms with Gasteiger partial charge in [0.05, 0.1) is 24.6 Å². The molecule has 3 aliphatic rings. The summed E-state index contributed by atoms with van der Waals surface area (Å²) in [5.74, 6) is 1.64. The molecule has 9 N–H and O–H groups in total. The molecule has 6 rings (SSSR count). The molecule has 3 heterocycles. The predicted octanol–water partition coefficient (Wildman–Crippen LogP) is 0.235. The fraction of sp³-hybridized carbons (Fsp3) is 0.395. The molecule has 0 bridgehead atoms. The molecule has 2 aromatic carbocycles. The van der Waals surface area contributed by atoms with Crippen LogP contribution in [0.1, 0.15) is 57.4 Å². The number of hydrogen-bond acceptors (Lipinski definition) is 13. The number of imide groups is 1. The monoisotopic (exact) mass is 801 g/mol. The summed E-state index contributed by atoms with van der Waals surface area (Å²) in [6, 6.07) is 17.8. The molecule has 1 saturated carbocycles. The number of nitrogens with zero attached hydrogens (tertiary/aromatic N) is 4. The average Bonchev–Trinajstić information content (AvgIpc) is 3.64. The third-order valence-electron chi connectivity index (χ3n) is 9.07. The van der Waals surface area contributed by atoms with Gasteiger partial charge in [0.2, 0.25) is 17.7 Å². The van der Waals surface area contributed by atoms with Crippen molar-refractivity contribution in [3.8, 4) is 11.5 Å². The number of piperidine rings is 1. The number of nitrogens with two attached hydrogens (primary N) is 3. The minimum absolute atomic E-state index is 0. The number of nitrogens with one attached hydrogen (secondary N) is 1. The van der Waals surface area contributed by atoms with Gasteiger partial charge in [-0.1, -0.05) is 19.1 Å². The Hall–Kier alpha value is -3.99. The number of para-hydroxylation sites is 2. The third kappa shape index (κ3) is 14.8. The van der Waals surface area contributed by atoms with Crippen LogP contribution >= 0.6 is 8.60 Å². The van der Waals surface area contributed by atoms with Crippen LogP contribution in [0, 0.1) is 18.9 Å². The van der Waals surface area contributed by atoms with Gasteiger partial charge in [-0.15, -0.1) is 12.1 Å². The van der Waals surface area contributed by atoms with Crippen LogP contribution in [0.25, 0.3) is 11.4 Å². The average molecular weight is 802 g/mol. The van der Waals surface area contributed by atoms with E-state index in [9.17, 15) is 14.4 Å². The molecule has 1 aliphatic carbocycles. The number of amides is 3. The summed E-state index contributed by atoms with van der Waals surface area (Å²) in [6.45, 7) is 7.73. The summed E-state index contributed by atoms with van der Waals surface area (Å²) in [4.78, 5) is 55.6. The Balaban J connectivity index is 0.000000382. The van der Waals surface area contributed by atoms with E-state index >= 15 is 0 Å². The Bertz CT molecular complexity index is 1750. The van der Waals surface area contributed by atoms with E-state index in [0.29, 0.717) is 67.7 Å². The van der Waals surface area contributed by atoms with Gasteiger partial charge in [0.1, 0.15) is 17.3 Å². The third-order valence-corrected chi connectivity index (χ3v) is 9.41. The van der Waals surface area contributed by atoms with E-state index in [-0.39, 0.29) is 65.6 Å². The number of allylic oxidation sites excluding steroid dienone is 2. The second-order valence-electron chi connectivity index (χ2n) is 13.1. The molecule has 3 amide bonds. The molecule has 16 nitrogen and oxygen atoms in total. The van der Waals surface area contributed by atoms with Crippen molar-refractivity contribution in [1.82, 2.24) is 20.0 Å². The smallest absolute Gasteiger partial charge is 0.551 e. The summed E-state index contributed by atoms with van der Waals surface area (Å²) >= 11 is 0. The van der Waals surface area contributed by atoms with E-state index < -0.39 is 8.60 Å². The number of aromatic nitrogens is 2. The van der Waals surface area contributed by atoms with Crippen molar-refractivity contribution < 1.29 is 67.7 Å². The van der Waals surface area contributed by atoms with Crippen LogP contribution in [0.2, 0.25) is 0 Å². The maximum atomic E-state index is 13.1. The molecule has 0 unspecified atom stereocenters. The number of hydrogen-bond donors (Lipinski definition) is 6. The Morgan fingerprint density at radius 1 is 1.02 bits per heavy atom. The van der Waals surface area contributed by atoms with Crippen molar-refractivity contribution in [3.63, 3.8) is 0 Å². The van der Waals surface area contributed by atoms with Crippen molar-refractivity contribution in [3.05, 3.63) is 91.4 Å². The summed E-state index contributed by atoms with van der Waals surface area (Å²) in [7, 11) is -2.54. The zero-order valence-corrected chi connectivity index (χ0v) is 34.9. The largest absolute Gasteiger partial charge is 1.00 e. The molecule has 298 valence electrons. The molecule has 0 atom stereocenters. The van der Waals surface area contributed by atoms with E-state index in [2.05, 4.69) is 39.8 Å². The Labute approximate surface area is 351 Å².